The Kier molecular flexibility index (Phi) is 9.33. The maximum Gasteiger partial charge on any atom is 0.402 e. The maximum atomic E-state index is 12.4. The summed E-state index contributed by atoms with van der Waals surface area (Å²) in [6.07, 6.45) is 0. The molecule has 0 unspecified atom stereocenters. The number of hydrogen-bond acceptors (Lipinski definition) is 4. The van der Waals surface area contributed by atoms with E-state index in [4.69, 9.17) is 4.55 Å². The molecule has 0 aromatic heterocycles. The van der Waals surface area contributed by atoms with E-state index in [1.54, 1.807) is 0 Å². The van der Waals surface area contributed by atoms with Crippen LogP contribution in [0.5, 0.6) is 0 Å². The van der Waals surface area contributed by atoms with Crippen LogP contribution in [0.4, 0.5) is 8.78 Å². The standard InChI is InChI=1S/C18H15S.C6H8F2O5S/c1-4-10-16(11-5-1)19(17-12-6-2-7-13-17)18-14-8-3-9-15-18;1-4(2)5(9)13-3-6(7,8)14(10,11)12/h1-15H;1,3H2,2H3,(H,10,11,12)/q+1;. The number of rotatable bonds is 7. The monoisotopic (exact) mass is 493 g/mol. The van der Waals surface area contributed by atoms with Gasteiger partial charge in [-0.3, -0.25) is 4.55 Å². The van der Waals surface area contributed by atoms with Gasteiger partial charge in [0.15, 0.2) is 21.3 Å². The van der Waals surface area contributed by atoms with E-state index in [2.05, 4.69) is 102 Å². The lowest BCUT2D eigenvalue weighted by atomic mass is 10.4. The van der Waals surface area contributed by atoms with Crippen molar-refractivity contribution in [1.29, 1.82) is 0 Å². The van der Waals surface area contributed by atoms with Crippen molar-refractivity contribution in [1.82, 2.24) is 0 Å². The van der Waals surface area contributed by atoms with Crippen LogP contribution in [-0.2, 0) is 30.5 Å². The van der Waals surface area contributed by atoms with Crippen molar-refractivity contribution in [3.63, 3.8) is 0 Å². The molecule has 5 nitrogen and oxygen atoms in total. The highest BCUT2D eigenvalue weighted by Gasteiger charge is 2.45. The third kappa shape index (κ3) is 7.81. The fourth-order valence-electron chi connectivity index (χ4n) is 2.43. The van der Waals surface area contributed by atoms with E-state index < -0.39 is 27.9 Å². The van der Waals surface area contributed by atoms with Gasteiger partial charge in [0.25, 0.3) is 0 Å². The summed E-state index contributed by atoms with van der Waals surface area (Å²) in [5.74, 6) is -1.16. The molecule has 0 aliphatic heterocycles. The summed E-state index contributed by atoms with van der Waals surface area (Å²) in [6, 6.07) is 32.2. The molecule has 0 saturated carbocycles. The number of hydrogen-bond donors (Lipinski definition) is 1. The van der Waals surface area contributed by atoms with Crippen molar-refractivity contribution in [2.75, 3.05) is 6.61 Å². The summed E-state index contributed by atoms with van der Waals surface area (Å²) in [4.78, 5) is 14.7. The summed E-state index contributed by atoms with van der Waals surface area (Å²) >= 11 is 0. The van der Waals surface area contributed by atoms with E-state index in [0.29, 0.717) is 0 Å². The highest BCUT2D eigenvalue weighted by atomic mass is 32.2. The van der Waals surface area contributed by atoms with Crippen molar-refractivity contribution in [2.24, 2.45) is 0 Å². The highest BCUT2D eigenvalue weighted by molar-refractivity contribution is 7.97. The fourth-order valence-corrected chi connectivity index (χ4v) is 4.74. The Morgan fingerprint density at radius 1 is 0.879 bits per heavy atom. The number of benzene rings is 3. The molecule has 3 aromatic carbocycles. The number of ether oxygens (including phenoxy) is 1. The molecule has 0 heterocycles. The first-order valence-electron chi connectivity index (χ1n) is 9.60. The van der Waals surface area contributed by atoms with Crippen molar-refractivity contribution < 1.29 is 31.3 Å². The molecule has 3 rings (SSSR count). The van der Waals surface area contributed by atoms with Crippen LogP contribution in [-0.4, -0.2) is 30.8 Å². The average Bonchev–Trinajstić information content (AvgIpc) is 2.79. The normalized spacial score (nSPS) is 11.3. The fraction of sp³-hybridized carbons (Fsp3) is 0.125. The Balaban J connectivity index is 0.000000248. The third-order valence-corrected chi connectivity index (χ3v) is 7.14. The molecule has 1 N–H and O–H groups in total. The van der Waals surface area contributed by atoms with Crippen LogP contribution in [0.3, 0.4) is 0 Å². The van der Waals surface area contributed by atoms with E-state index in [-0.39, 0.29) is 16.5 Å². The first kappa shape index (κ1) is 26.2. The van der Waals surface area contributed by atoms with Gasteiger partial charge in [-0.1, -0.05) is 61.2 Å². The summed E-state index contributed by atoms with van der Waals surface area (Å²) in [7, 11) is -5.58. The van der Waals surface area contributed by atoms with Crippen molar-refractivity contribution in [2.45, 2.75) is 26.9 Å². The van der Waals surface area contributed by atoms with Crippen LogP contribution in [0.2, 0.25) is 0 Å². The molecule has 0 aliphatic carbocycles. The Hall–Kier alpha value is -3.01. The Bertz CT molecular complexity index is 1060. The van der Waals surface area contributed by atoms with Crippen LogP contribution < -0.4 is 0 Å². The van der Waals surface area contributed by atoms with Crippen molar-refractivity contribution >= 4 is 27.0 Å². The topological polar surface area (TPSA) is 80.7 Å². The Morgan fingerprint density at radius 2 is 1.21 bits per heavy atom. The van der Waals surface area contributed by atoms with Gasteiger partial charge in [0.2, 0.25) is 0 Å². The van der Waals surface area contributed by atoms with Gasteiger partial charge in [0, 0.05) is 5.57 Å². The molecular formula is C24H23F2O5S2+. The number of carbonyl (C=O) groups is 1. The second-order valence-electron chi connectivity index (χ2n) is 6.71. The molecular weight excluding hydrogens is 470 g/mol. The SMILES string of the molecule is C=C(C)C(=O)OCC(F)(F)S(=O)(=O)O.c1ccc([S+](c2ccccc2)c2ccccc2)cc1. The Labute approximate surface area is 194 Å². The summed E-state index contributed by atoms with van der Waals surface area (Å²) in [5.41, 5.74) is -0.156. The van der Waals surface area contributed by atoms with Crippen LogP contribution in [0, 0.1) is 0 Å². The number of esters is 1. The molecule has 0 radical (unpaired) electrons. The Morgan fingerprint density at radius 3 is 1.48 bits per heavy atom. The van der Waals surface area contributed by atoms with Gasteiger partial charge in [-0.05, 0) is 43.3 Å². The van der Waals surface area contributed by atoms with E-state index in [9.17, 15) is 22.0 Å². The largest absolute Gasteiger partial charge is 0.455 e. The van der Waals surface area contributed by atoms with Gasteiger partial charge < -0.3 is 4.74 Å². The molecule has 3 aromatic rings. The number of carbonyl (C=O) groups excluding carboxylic acids is 1. The molecule has 0 amide bonds. The molecule has 33 heavy (non-hydrogen) atoms. The predicted octanol–water partition coefficient (Wildman–Crippen LogP) is 5.37. The molecule has 0 saturated heterocycles. The molecule has 0 bridgehead atoms. The third-order valence-electron chi connectivity index (χ3n) is 4.03. The second-order valence-corrected chi connectivity index (χ2v) is 10.3. The minimum Gasteiger partial charge on any atom is -0.455 e. The smallest absolute Gasteiger partial charge is 0.402 e. The van der Waals surface area contributed by atoms with Crippen LogP contribution in [0.15, 0.2) is 118 Å². The zero-order valence-electron chi connectivity index (χ0n) is 17.7. The lowest BCUT2D eigenvalue weighted by molar-refractivity contribution is -0.144. The summed E-state index contributed by atoms with van der Waals surface area (Å²) in [5, 5.41) is -4.50. The molecule has 0 aliphatic rings. The van der Waals surface area contributed by atoms with E-state index >= 15 is 0 Å². The lowest BCUT2D eigenvalue weighted by Gasteiger charge is -2.12. The molecule has 0 spiro atoms. The van der Waals surface area contributed by atoms with E-state index in [1.807, 2.05) is 0 Å². The zero-order valence-corrected chi connectivity index (χ0v) is 19.4. The van der Waals surface area contributed by atoms with Gasteiger partial charge in [0.05, 0.1) is 10.9 Å². The zero-order chi connectivity index (χ0) is 24.5. The second kappa shape index (κ2) is 11.7. The van der Waals surface area contributed by atoms with Crippen molar-refractivity contribution in [3.05, 3.63) is 103 Å². The molecule has 174 valence electrons. The van der Waals surface area contributed by atoms with Gasteiger partial charge >= 0.3 is 21.3 Å². The van der Waals surface area contributed by atoms with Crippen molar-refractivity contribution in [3.8, 4) is 0 Å². The lowest BCUT2D eigenvalue weighted by Crippen LogP contribution is -2.34. The van der Waals surface area contributed by atoms with Crippen LogP contribution >= 0.6 is 0 Å². The first-order chi connectivity index (χ1) is 15.5. The highest BCUT2D eigenvalue weighted by Crippen LogP contribution is 2.30. The first-order valence-corrected chi connectivity index (χ1v) is 12.3. The summed E-state index contributed by atoms with van der Waals surface area (Å²) < 4.78 is 56.7. The quantitative estimate of drug-likeness (QED) is 0.207. The van der Waals surface area contributed by atoms with E-state index in [0.717, 1.165) is 0 Å². The van der Waals surface area contributed by atoms with Gasteiger partial charge in [-0.2, -0.15) is 17.2 Å². The molecule has 0 fully saturated rings. The van der Waals surface area contributed by atoms with Gasteiger partial charge in [-0.15, -0.1) is 0 Å². The van der Waals surface area contributed by atoms with E-state index in [1.165, 1.54) is 21.6 Å². The van der Waals surface area contributed by atoms with Crippen LogP contribution in [0.1, 0.15) is 6.92 Å². The number of halogens is 2. The average molecular weight is 494 g/mol. The summed E-state index contributed by atoms with van der Waals surface area (Å²) in [6.45, 7) is 2.55. The van der Waals surface area contributed by atoms with Gasteiger partial charge in [0.1, 0.15) is 0 Å². The minimum absolute atomic E-state index is 0.0146. The predicted molar refractivity (Wildman–Crippen MR) is 124 cm³/mol. The van der Waals surface area contributed by atoms with Crippen LogP contribution in [0.25, 0.3) is 0 Å². The van der Waals surface area contributed by atoms with Gasteiger partial charge in [-0.25, -0.2) is 4.79 Å². The molecule has 0 atom stereocenters. The maximum absolute atomic E-state index is 12.4. The minimum atomic E-state index is -5.56. The molecule has 9 heteroatoms. The number of alkyl halides is 2.